The molecule has 0 spiro atoms. The van der Waals surface area contributed by atoms with Gasteiger partial charge in [0.15, 0.2) is 0 Å². The van der Waals surface area contributed by atoms with Crippen LogP contribution in [-0.2, 0) is 4.43 Å². The van der Waals surface area contributed by atoms with E-state index in [2.05, 4.69) is 75.1 Å². The smallest absolute Gasteiger partial charge is 0.242 e. The number of hydrogen-bond acceptors (Lipinski definition) is 1. The van der Waals surface area contributed by atoms with Gasteiger partial charge in [-0.25, -0.2) is 0 Å². The van der Waals surface area contributed by atoms with Crippen molar-refractivity contribution in [3.63, 3.8) is 0 Å². The Morgan fingerprint density at radius 3 is 1.65 bits per heavy atom. The first-order valence-electron chi connectivity index (χ1n) is 6.98. The third kappa shape index (κ3) is 3.84. The first-order valence-corrected chi connectivity index (χ1v) is 10.4. The van der Waals surface area contributed by atoms with E-state index in [9.17, 15) is 0 Å². The van der Waals surface area contributed by atoms with E-state index in [0.29, 0.717) is 0 Å². The lowest BCUT2D eigenvalue weighted by Crippen LogP contribution is -2.24. The maximum Gasteiger partial charge on any atom is 0.242 e. The number of allylic oxidation sites excluding steroid dienone is 1. The second-order valence-electron chi connectivity index (χ2n) is 5.90. The molecule has 0 heterocycles. The Morgan fingerprint density at radius 2 is 1.20 bits per heavy atom. The summed E-state index contributed by atoms with van der Waals surface area (Å²) in [6.07, 6.45) is 0. The molecule has 2 rings (SSSR count). The molecule has 0 saturated heterocycles. The molecule has 0 unspecified atom stereocenters. The van der Waals surface area contributed by atoms with Gasteiger partial charge in [0.05, 0.1) is 0 Å². The molecule has 0 radical (unpaired) electrons. The first-order chi connectivity index (χ1) is 9.47. The van der Waals surface area contributed by atoms with Crippen molar-refractivity contribution in [2.45, 2.75) is 26.6 Å². The molecule has 0 saturated carbocycles. The summed E-state index contributed by atoms with van der Waals surface area (Å²) >= 11 is 0. The van der Waals surface area contributed by atoms with Crippen molar-refractivity contribution in [3.05, 3.63) is 71.8 Å². The molecule has 2 aromatic carbocycles. The van der Waals surface area contributed by atoms with E-state index in [1.54, 1.807) is 0 Å². The van der Waals surface area contributed by atoms with Gasteiger partial charge in [-0.3, -0.25) is 0 Å². The second-order valence-corrected chi connectivity index (χ2v) is 10.3. The average Bonchev–Trinajstić information content (AvgIpc) is 2.45. The first kappa shape index (κ1) is 14.6. The Bertz CT molecular complexity index is 580. The monoisotopic (exact) mass is 282 g/mol. The highest BCUT2D eigenvalue weighted by molar-refractivity contribution is 6.70. The van der Waals surface area contributed by atoms with Gasteiger partial charge in [0.25, 0.3) is 0 Å². The fourth-order valence-electron chi connectivity index (χ4n) is 2.07. The maximum absolute atomic E-state index is 6.36. The van der Waals surface area contributed by atoms with E-state index < -0.39 is 8.32 Å². The summed E-state index contributed by atoms with van der Waals surface area (Å²) < 4.78 is 6.36. The van der Waals surface area contributed by atoms with Crippen molar-refractivity contribution >= 4 is 19.6 Å². The second kappa shape index (κ2) is 6.10. The summed E-state index contributed by atoms with van der Waals surface area (Å²) in [7, 11) is -1.66. The van der Waals surface area contributed by atoms with Gasteiger partial charge in [0.1, 0.15) is 5.76 Å². The molecule has 0 N–H and O–H groups in total. The SMILES string of the molecule is C/C(=C(/O[Si](C)(C)C)c1ccccc1)c1ccccc1. The Morgan fingerprint density at radius 1 is 0.750 bits per heavy atom. The zero-order valence-corrected chi connectivity index (χ0v) is 13.7. The molecule has 20 heavy (non-hydrogen) atoms. The number of hydrogen-bond donors (Lipinski definition) is 0. The van der Waals surface area contributed by atoms with E-state index in [0.717, 1.165) is 11.3 Å². The lowest BCUT2D eigenvalue weighted by Gasteiger charge is -2.24. The number of rotatable bonds is 4. The van der Waals surface area contributed by atoms with Crippen molar-refractivity contribution in [1.29, 1.82) is 0 Å². The summed E-state index contributed by atoms with van der Waals surface area (Å²) in [5.74, 6) is 1.01. The van der Waals surface area contributed by atoms with Crippen LogP contribution in [0.15, 0.2) is 60.7 Å². The summed E-state index contributed by atoms with van der Waals surface area (Å²) in [5.41, 5.74) is 3.56. The van der Waals surface area contributed by atoms with E-state index in [1.807, 2.05) is 12.1 Å². The van der Waals surface area contributed by atoms with E-state index in [-0.39, 0.29) is 0 Å². The maximum atomic E-state index is 6.36. The van der Waals surface area contributed by atoms with Crippen LogP contribution in [0.25, 0.3) is 11.3 Å². The molecule has 104 valence electrons. The Kier molecular flexibility index (Phi) is 4.45. The van der Waals surface area contributed by atoms with Crippen molar-refractivity contribution in [2.24, 2.45) is 0 Å². The van der Waals surface area contributed by atoms with Gasteiger partial charge in [-0.1, -0.05) is 60.7 Å². The standard InChI is InChI=1S/C18H22OSi/c1-15(16-11-7-5-8-12-16)18(19-20(2,3)4)17-13-9-6-10-14-17/h5-14H,1-4H3/b18-15-. The average molecular weight is 282 g/mol. The van der Waals surface area contributed by atoms with Crippen molar-refractivity contribution in [2.75, 3.05) is 0 Å². The van der Waals surface area contributed by atoms with Gasteiger partial charge >= 0.3 is 0 Å². The minimum atomic E-state index is -1.66. The topological polar surface area (TPSA) is 9.23 Å². The van der Waals surface area contributed by atoms with E-state index in [1.165, 1.54) is 11.1 Å². The molecule has 0 aliphatic carbocycles. The van der Waals surface area contributed by atoms with Crippen LogP contribution >= 0.6 is 0 Å². The Hall–Kier alpha value is -1.80. The highest BCUT2D eigenvalue weighted by Crippen LogP contribution is 2.29. The minimum Gasteiger partial charge on any atom is -0.544 e. The van der Waals surface area contributed by atoms with Crippen LogP contribution in [0, 0.1) is 0 Å². The van der Waals surface area contributed by atoms with E-state index >= 15 is 0 Å². The molecule has 0 amide bonds. The van der Waals surface area contributed by atoms with Crippen LogP contribution in [0.2, 0.25) is 19.6 Å². The summed E-state index contributed by atoms with van der Waals surface area (Å²) in [6, 6.07) is 20.8. The van der Waals surface area contributed by atoms with Crippen LogP contribution in [0.4, 0.5) is 0 Å². The van der Waals surface area contributed by atoms with Gasteiger partial charge < -0.3 is 4.43 Å². The lowest BCUT2D eigenvalue weighted by atomic mass is 10.0. The molecule has 2 heteroatoms. The van der Waals surface area contributed by atoms with Gasteiger partial charge in [-0.2, -0.15) is 0 Å². The van der Waals surface area contributed by atoms with Crippen LogP contribution in [0.5, 0.6) is 0 Å². The quantitative estimate of drug-likeness (QED) is 0.413. The lowest BCUT2D eigenvalue weighted by molar-refractivity contribution is 0.516. The predicted octanol–water partition coefficient (Wildman–Crippen LogP) is 5.43. The van der Waals surface area contributed by atoms with Gasteiger partial charge in [0, 0.05) is 5.56 Å². The summed E-state index contributed by atoms with van der Waals surface area (Å²) in [5, 5.41) is 0. The Balaban J connectivity index is 2.52. The van der Waals surface area contributed by atoms with E-state index in [4.69, 9.17) is 4.43 Å². The normalized spacial score (nSPS) is 12.8. The third-order valence-corrected chi connectivity index (χ3v) is 3.81. The molecular weight excluding hydrogens is 260 g/mol. The molecule has 0 aromatic heterocycles. The van der Waals surface area contributed by atoms with Crippen LogP contribution < -0.4 is 0 Å². The van der Waals surface area contributed by atoms with Gasteiger partial charge in [-0.05, 0) is 37.7 Å². The molecule has 0 fully saturated rings. The van der Waals surface area contributed by atoms with Gasteiger partial charge in [-0.15, -0.1) is 0 Å². The number of benzene rings is 2. The fraction of sp³-hybridized carbons (Fsp3) is 0.222. The van der Waals surface area contributed by atoms with Gasteiger partial charge in [0.2, 0.25) is 8.32 Å². The summed E-state index contributed by atoms with van der Waals surface area (Å²) in [6.45, 7) is 8.79. The third-order valence-electron chi connectivity index (χ3n) is 2.99. The summed E-state index contributed by atoms with van der Waals surface area (Å²) in [4.78, 5) is 0. The molecule has 0 aliphatic heterocycles. The molecule has 0 aliphatic rings. The minimum absolute atomic E-state index is 1.01. The molecule has 1 nitrogen and oxygen atoms in total. The van der Waals surface area contributed by atoms with Crippen LogP contribution in [0.3, 0.4) is 0 Å². The fourth-order valence-corrected chi connectivity index (χ4v) is 2.95. The molecule has 2 aromatic rings. The molecule has 0 bridgehead atoms. The zero-order valence-electron chi connectivity index (χ0n) is 12.7. The predicted molar refractivity (Wildman–Crippen MR) is 89.8 cm³/mol. The van der Waals surface area contributed by atoms with Crippen molar-refractivity contribution in [3.8, 4) is 0 Å². The highest BCUT2D eigenvalue weighted by atomic mass is 28.4. The highest BCUT2D eigenvalue weighted by Gasteiger charge is 2.20. The van der Waals surface area contributed by atoms with Crippen LogP contribution in [-0.4, -0.2) is 8.32 Å². The largest absolute Gasteiger partial charge is 0.544 e. The van der Waals surface area contributed by atoms with Crippen molar-refractivity contribution < 1.29 is 4.43 Å². The Labute approximate surface area is 123 Å². The molecular formula is C18H22OSi. The van der Waals surface area contributed by atoms with Crippen molar-refractivity contribution in [1.82, 2.24) is 0 Å². The van der Waals surface area contributed by atoms with Crippen LogP contribution in [0.1, 0.15) is 18.1 Å². The zero-order chi connectivity index (χ0) is 14.6. The molecule has 0 atom stereocenters.